The van der Waals surface area contributed by atoms with Crippen LogP contribution < -0.4 is 15.8 Å². The molecule has 1 saturated heterocycles. The lowest BCUT2D eigenvalue weighted by Gasteiger charge is -2.44. The number of pyridine rings is 1. The van der Waals surface area contributed by atoms with Crippen molar-refractivity contribution in [2.75, 3.05) is 24.7 Å². The molecule has 0 aliphatic carbocycles. The predicted octanol–water partition coefficient (Wildman–Crippen LogP) is 4.52. The molecule has 0 radical (unpaired) electrons. The van der Waals surface area contributed by atoms with E-state index in [1.807, 2.05) is 10.9 Å². The van der Waals surface area contributed by atoms with Gasteiger partial charge in [-0.05, 0) is 36.5 Å². The molecule has 3 heterocycles. The Balaban J connectivity index is 1.54. The number of hydrogen-bond donors (Lipinski definition) is 3. The summed E-state index contributed by atoms with van der Waals surface area (Å²) in [6.07, 6.45) is 5.72. The van der Waals surface area contributed by atoms with Gasteiger partial charge >= 0.3 is 6.09 Å². The summed E-state index contributed by atoms with van der Waals surface area (Å²) < 4.78 is 7.10. The first-order chi connectivity index (χ1) is 17.1. The van der Waals surface area contributed by atoms with Crippen LogP contribution >= 0.6 is 0 Å². The van der Waals surface area contributed by atoms with Crippen molar-refractivity contribution in [2.45, 2.75) is 45.7 Å². The van der Waals surface area contributed by atoms with E-state index < -0.39 is 6.09 Å². The van der Waals surface area contributed by atoms with Crippen LogP contribution in [0, 0.1) is 5.41 Å². The molecule has 0 saturated carbocycles. The van der Waals surface area contributed by atoms with Gasteiger partial charge < -0.3 is 25.8 Å². The summed E-state index contributed by atoms with van der Waals surface area (Å²) in [5, 5.41) is 17.0. The Hall–Kier alpha value is -4.08. The summed E-state index contributed by atoms with van der Waals surface area (Å²) in [4.78, 5) is 30.5. The summed E-state index contributed by atoms with van der Waals surface area (Å²) in [6, 6.07) is 8.70. The van der Waals surface area contributed by atoms with E-state index in [0.717, 1.165) is 5.56 Å². The predicted molar refractivity (Wildman–Crippen MR) is 137 cm³/mol. The number of anilines is 2. The third-order valence-electron chi connectivity index (χ3n) is 6.62. The standard InChI is InChI=1S/C26H32N6O4/c1-26(2,3)22-12-19(8-9-31(22)25(34)35)32-15-17(14-29-32)16-10-21(23(27)28-13-16)24(33)30-18-6-5-7-20(11-18)36-4/h5-7,10-11,13-15,19,22H,8-9,12H2,1-4H3,(H2,27,28)(H,30,33)(H,34,35). The van der Waals surface area contributed by atoms with E-state index in [9.17, 15) is 14.7 Å². The number of methoxy groups -OCH3 is 1. The first kappa shape index (κ1) is 25.0. The van der Waals surface area contributed by atoms with Crippen LogP contribution in [0.4, 0.5) is 16.3 Å². The maximum atomic E-state index is 12.9. The molecule has 0 bridgehead atoms. The number of aromatic nitrogens is 3. The molecule has 3 aromatic rings. The molecule has 190 valence electrons. The minimum atomic E-state index is -0.887. The number of carboxylic acid groups (broad SMARTS) is 1. The van der Waals surface area contributed by atoms with Crippen LogP contribution in [-0.4, -0.2) is 56.5 Å². The molecule has 10 heteroatoms. The molecule has 1 aliphatic rings. The van der Waals surface area contributed by atoms with Crippen LogP contribution in [0.15, 0.2) is 48.9 Å². The molecule has 1 fully saturated rings. The summed E-state index contributed by atoms with van der Waals surface area (Å²) in [7, 11) is 1.56. The smallest absolute Gasteiger partial charge is 0.407 e. The number of nitrogens with two attached hydrogens (primary N) is 1. The van der Waals surface area contributed by atoms with E-state index in [1.54, 1.807) is 49.8 Å². The Kier molecular flexibility index (Phi) is 6.87. The Bertz CT molecular complexity index is 1270. The first-order valence-corrected chi connectivity index (χ1v) is 11.8. The zero-order valence-electron chi connectivity index (χ0n) is 20.9. The summed E-state index contributed by atoms with van der Waals surface area (Å²) in [5.74, 6) is 0.375. The average molecular weight is 493 g/mol. The van der Waals surface area contributed by atoms with E-state index in [4.69, 9.17) is 10.5 Å². The lowest BCUT2D eigenvalue weighted by atomic mass is 9.79. The van der Waals surface area contributed by atoms with Crippen molar-refractivity contribution in [1.82, 2.24) is 19.7 Å². The number of rotatable bonds is 5. The van der Waals surface area contributed by atoms with Gasteiger partial charge in [-0.15, -0.1) is 0 Å². The number of benzene rings is 1. The van der Waals surface area contributed by atoms with Crippen molar-refractivity contribution < 1.29 is 19.4 Å². The molecular formula is C26H32N6O4. The quantitative estimate of drug-likeness (QED) is 0.476. The van der Waals surface area contributed by atoms with Crippen molar-refractivity contribution in [3.63, 3.8) is 0 Å². The number of ether oxygens (including phenoxy) is 1. The van der Waals surface area contributed by atoms with Crippen molar-refractivity contribution in [3.05, 3.63) is 54.5 Å². The molecule has 4 N–H and O–H groups in total. The lowest BCUT2D eigenvalue weighted by molar-refractivity contribution is 0.0408. The molecule has 4 rings (SSSR count). The molecule has 36 heavy (non-hydrogen) atoms. The van der Waals surface area contributed by atoms with Gasteiger partial charge in [-0.3, -0.25) is 9.48 Å². The van der Waals surface area contributed by atoms with Crippen molar-refractivity contribution in [2.24, 2.45) is 5.41 Å². The third kappa shape index (κ3) is 5.27. The molecule has 2 amide bonds. The normalized spacial score (nSPS) is 18.1. The third-order valence-corrected chi connectivity index (χ3v) is 6.62. The minimum Gasteiger partial charge on any atom is -0.497 e. The van der Waals surface area contributed by atoms with E-state index in [0.29, 0.717) is 36.4 Å². The Morgan fingerprint density at radius 3 is 2.67 bits per heavy atom. The number of piperidine rings is 1. The van der Waals surface area contributed by atoms with E-state index in [2.05, 4.69) is 36.2 Å². The largest absolute Gasteiger partial charge is 0.497 e. The second kappa shape index (κ2) is 9.88. The molecule has 1 aromatic carbocycles. The molecule has 10 nitrogen and oxygen atoms in total. The lowest BCUT2D eigenvalue weighted by Crippen LogP contribution is -2.51. The van der Waals surface area contributed by atoms with Gasteiger partial charge in [0.1, 0.15) is 11.6 Å². The maximum absolute atomic E-state index is 12.9. The second-order valence-electron chi connectivity index (χ2n) is 10.1. The minimum absolute atomic E-state index is 0.0659. The molecule has 2 unspecified atom stereocenters. The van der Waals surface area contributed by atoms with Gasteiger partial charge in [0.05, 0.1) is 24.9 Å². The zero-order chi connectivity index (χ0) is 26.0. The van der Waals surface area contributed by atoms with E-state index >= 15 is 0 Å². The zero-order valence-corrected chi connectivity index (χ0v) is 20.9. The van der Waals surface area contributed by atoms with E-state index in [1.165, 1.54) is 4.90 Å². The highest BCUT2D eigenvalue weighted by Crippen LogP contribution is 2.37. The van der Waals surface area contributed by atoms with Crippen molar-refractivity contribution >= 4 is 23.5 Å². The van der Waals surface area contributed by atoms with Gasteiger partial charge in [0.2, 0.25) is 0 Å². The van der Waals surface area contributed by atoms with Crippen LogP contribution in [0.3, 0.4) is 0 Å². The molecule has 2 aromatic heterocycles. The van der Waals surface area contributed by atoms with Gasteiger partial charge in [-0.2, -0.15) is 5.10 Å². The summed E-state index contributed by atoms with van der Waals surface area (Å²) in [6.45, 7) is 6.63. The highest BCUT2D eigenvalue weighted by molar-refractivity contribution is 6.07. The fourth-order valence-electron chi connectivity index (χ4n) is 4.64. The van der Waals surface area contributed by atoms with Gasteiger partial charge in [0, 0.05) is 47.9 Å². The Labute approximate surface area is 210 Å². The summed E-state index contributed by atoms with van der Waals surface area (Å²) >= 11 is 0. The van der Waals surface area contributed by atoms with Gasteiger partial charge in [0.15, 0.2) is 0 Å². The highest BCUT2D eigenvalue weighted by atomic mass is 16.5. The van der Waals surface area contributed by atoms with Crippen LogP contribution in [0.25, 0.3) is 11.1 Å². The number of carbonyl (C=O) groups is 2. The number of nitrogen functional groups attached to an aromatic ring is 1. The number of hydrogen-bond acceptors (Lipinski definition) is 6. The van der Waals surface area contributed by atoms with Crippen LogP contribution in [0.1, 0.15) is 50.0 Å². The van der Waals surface area contributed by atoms with E-state index in [-0.39, 0.29) is 34.8 Å². The number of carbonyl (C=O) groups excluding carboxylic acids is 1. The van der Waals surface area contributed by atoms with Crippen LogP contribution in [0.2, 0.25) is 0 Å². The molecule has 0 spiro atoms. The fraction of sp³-hybridized carbons (Fsp3) is 0.385. The van der Waals surface area contributed by atoms with Crippen LogP contribution in [-0.2, 0) is 0 Å². The SMILES string of the molecule is COc1cccc(NC(=O)c2cc(-c3cnn(C4CCN(C(=O)O)C(C(C)(C)C)C4)c3)cnc2N)c1. The molecule has 2 atom stereocenters. The number of nitrogens with zero attached hydrogens (tertiary/aromatic N) is 4. The topological polar surface area (TPSA) is 136 Å². The average Bonchev–Trinajstić information content (AvgIpc) is 3.34. The fourth-order valence-corrected chi connectivity index (χ4v) is 4.64. The number of amides is 2. The highest BCUT2D eigenvalue weighted by Gasteiger charge is 2.39. The maximum Gasteiger partial charge on any atom is 0.407 e. The number of likely N-dealkylation sites (tertiary alicyclic amines) is 1. The first-order valence-electron chi connectivity index (χ1n) is 11.8. The van der Waals surface area contributed by atoms with Crippen molar-refractivity contribution in [3.8, 4) is 16.9 Å². The Morgan fingerprint density at radius 2 is 1.97 bits per heavy atom. The van der Waals surface area contributed by atoms with Crippen molar-refractivity contribution in [1.29, 1.82) is 0 Å². The second-order valence-corrected chi connectivity index (χ2v) is 10.1. The van der Waals surface area contributed by atoms with Crippen LogP contribution in [0.5, 0.6) is 5.75 Å². The van der Waals surface area contributed by atoms with Gasteiger partial charge in [-0.1, -0.05) is 26.8 Å². The molecule has 1 aliphatic heterocycles. The van der Waals surface area contributed by atoms with Gasteiger partial charge in [0.25, 0.3) is 5.91 Å². The van der Waals surface area contributed by atoms with Gasteiger partial charge in [-0.25, -0.2) is 9.78 Å². The number of nitrogens with one attached hydrogen (secondary N) is 1. The summed E-state index contributed by atoms with van der Waals surface area (Å²) in [5.41, 5.74) is 8.17. The monoisotopic (exact) mass is 492 g/mol. The Morgan fingerprint density at radius 1 is 1.19 bits per heavy atom. The molecular weight excluding hydrogens is 460 g/mol.